The van der Waals surface area contributed by atoms with Gasteiger partial charge in [0.25, 0.3) is 0 Å². The highest BCUT2D eigenvalue weighted by atomic mass is 33.1. The first-order chi connectivity index (χ1) is 33.6. The van der Waals surface area contributed by atoms with Gasteiger partial charge in [0.1, 0.15) is 34.9 Å². The number of carbonyl (C=O) groups excluding carboxylic acids is 4. The molecule has 2 N–H and O–H groups in total. The zero-order valence-electron chi connectivity index (χ0n) is 42.1. The smallest absolute Gasteiger partial charge is 0.408 e. The van der Waals surface area contributed by atoms with Gasteiger partial charge in [0.2, 0.25) is 11.8 Å². The number of nitrogens with one attached hydrogen (secondary N) is 2. The molecule has 0 bridgehead atoms. The maximum atomic E-state index is 15.1. The van der Waals surface area contributed by atoms with Crippen LogP contribution in [-0.2, 0) is 32.2 Å². The van der Waals surface area contributed by atoms with E-state index >= 15 is 9.59 Å². The largest absolute Gasteiger partial charge is 0.444 e. The Morgan fingerprint density at radius 1 is 0.571 bits per heavy atom. The van der Waals surface area contributed by atoms with Crippen LogP contribution in [0.1, 0.15) is 142 Å². The molecule has 4 amide bonds. The third-order valence-electron chi connectivity index (χ3n) is 13.9. The SMILES string of the molecule is CC(C)(C)OC(=O)N[C@@H](CSSC[C@H](NC(=O)OC(C)(C)C)C(=O)N1CCn2cc(-c3ccccc3)nc2[C@@H]1CC1CCCCC1)C(=O)N1CCn2cc(-c3ccccc3)nc2[C@@H]1CC1CCCCC1. The zero-order valence-corrected chi connectivity index (χ0v) is 43.7. The molecule has 70 heavy (non-hydrogen) atoms. The molecule has 0 spiro atoms. The minimum atomic E-state index is -0.941. The summed E-state index contributed by atoms with van der Waals surface area (Å²) in [6.45, 7) is 12.9. The molecule has 4 aliphatic rings. The Morgan fingerprint density at radius 3 is 1.30 bits per heavy atom. The van der Waals surface area contributed by atoms with E-state index < -0.39 is 35.5 Å². The number of hydrogen-bond donors (Lipinski definition) is 2. The van der Waals surface area contributed by atoms with Crippen LogP contribution >= 0.6 is 21.6 Å². The van der Waals surface area contributed by atoms with Crippen LogP contribution in [0, 0.1) is 11.8 Å². The molecule has 4 aromatic rings. The Balaban J connectivity index is 1.03. The summed E-state index contributed by atoms with van der Waals surface area (Å²) in [6.07, 6.45) is 16.1. The summed E-state index contributed by atoms with van der Waals surface area (Å²) in [7, 11) is 2.78. The van der Waals surface area contributed by atoms with Crippen LogP contribution in [0.3, 0.4) is 0 Å². The summed E-state index contributed by atoms with van der Waals surface area (Å²) in [5.41, 5.74) is 2.25. The molecule has 2 saturated carbocycles. The maximum absolute atomic E-state index is 15.1. The molecule has 0 unspecified atom stereocenters. The number of ether oxygens (including phenoxy) is 2. The average Bonchev–Trinajstić information content (AvgIpc) is 3.98. The highest BCUT2D eigenvalue weighted by Crippen LogP contribution is 2.40. The van der Waals surface area contributed by atoms with E-state index in [0.717, 1.165) is 72.7 Å². The molecular formula is C54H74N8O6S2. The number of carbonyl (C=O) groups is 4. The van der Waals surface area contributed by atoms with Gasteiger partial charge in [0, 0.05) is 61.2 Å². The Hall–Kier alpha value is -4.96. The van der Waals surface area contributed by atoms with Crippen molar-refractivity contribution >= 4 is 45.6 Å². The first-order valence-electron chi connectivity index (χ1n) is 25.7. The fourth-order valence-corrected chi connectivity index (χ4v) is 12.9. The van der Waals surface area contributed by atoms with Gasteiger partial charge in [-0.1, -0.05) is 146 Å². The van der Waals surface area contributed by atoms with Crippen molar-refractivity contribution in [1.82, 2.24) is 39.5 Å². The normalized spacial score (nSPS) is 19.9. The lowest BCUT2D eigenvalue weighted by atomic mass is 9.84. The molecule has 2 aliphatic carbocycles. The van der Waals surface area contributed by atoms with Crippen molar-refractivity contribution in [3.05, 3.63) is 84.7 Å². The molecule has 2 fully saturated rings. The molecule has 2 aromatic carbocycles. The van der Waals surface area contributed by atoms with E-state index in [-0.39, 0.29) is 35.4 Å². The Morgan fingerprint density at radius 2 is 0.943 bits per heavy atom. The zero-order chi connectivity index (χ0) is 49.4. The number of rotatable bonds is 15. The minimum absolute atomic E-state index is 0.195. The highest BCUT2D eigenvalue weighted by Gasteiger charge is 2.41. The summed E-state index contributed by atoms with van der Waals surface area (Å²) < 4.78 is 15.9. The topological polar surface area (TPSA) is 153 Å². The van der Waals surface area contributed by atoms with E-state index in [1.165, 1.54) is 60.1 Å². The lowest BCUT2D eigenvalue weighted by Crippen LogP contribution is -2.54. The minimum Gasteiger partial charge on any atom is -0.444 e. The van der Waals surface area contributed by atoms with Gasteiger partial charge in [-0.05, 0) is 66.2 Å². The summed E-state index contributed by atoms with van der Waals surface area (Å²) >= 11 is 0. The van der Waals surface area contributed by atoms with Gasteiger partial charge in [-0.15, -0.1) is 0 Å². The molecule has 8 rings (SSSR count). The van der Waals surface area contributed by atoms with Gasteiger partial charge in [0.15, 0.2) is 0 Å². The van der Waals surface area contributed by atoms with Gasteiger partial charge >= 0.3 is 12.2 Å². The van der Waals surface area contributed by atoms with Crippen molar-refractivity contribution < 1.29 is 28.7 Å². The van der Waals surface area contributed by atoms with Crippen LogP contribution in [0.2, 0.25) is 0 Å². The molecule has 2 aromatic heterocycles. The summed E-state index contributed by atoms with van der Waals surface area (Å²) in [5, 5.41) is 5.90. The quantitative estimate of drug-likeness (QED) is 0.0869. The second-order valence-corrected chi connectivity index (χ2v) is 24.2. The van der Waals surface area contributed by atoms with Crippen molar-refractivity contribution in [2.75, 3.05) is 24.6 Å². The van der Waals surface area contributed by atoms with Crippen LogP contribution < -0.4 is 10.6 Å². The third-order valence-corrected chi connectivity index (χ3v) is 16.3. The summed E-state index contributed by atoms with van der Waals surface area (Å²) in [4.78, 5) is 71.6. The molecule has 4 heterocycles. The van der Waals surface area contributed by atoms with E-state index in [2.05, 4.69) is 56.4 Å². The predicted octanol–water partition coefficient (Wildman–Crippen LogP) is 11.0. The van der Waals surface area contributed by atoms with Crippen molar-refractivity contribution in [3.63, 3.8) is 0 Å². The summed E-state index contributed by atoms with van der Waals surface area (Å²) in [6, 6.07) is 17.8. The molecule has 0 saturated heterocycles. The van der Waals surface area contributed by atoms with Gasteiger partial charge in [-0.3, -0.25) is 9.59 Å². The number of alkyl carbamates (subject to hydrolysis) is 2. The monoisotopic (exact) mass is 995 g/mol. The summed E-state index contributed by atoms with van der Waals surface area (Å²) in [5.74, 6) is 2.66. The fraction of sp³-hybridized carbons (Fsp3) is 0.593. The van der Waals surface area contributed by atoms with Gasteiger partial charge in [-0.25, -0.2) is 19.6 Å². The highest BCUT2D eigenvalue weighted by molar-refractivity contribution is 8.76. The Labute approximate surface area is 422 Å². The molecule has 378 valence electrons. The van der Waals surface area contributed by atoms with Crippen molar-refractivity contribution in [2.45, 2.75) is 167 Å². The Bertz CT molecular complexity index is 2220. The number of amides is 4. The van der Waals surface area contributed by atoms with Crippen LogP contribution in [0.15, 0.2) is 73.1 Å². The van der Waals surface area contributed by atoms with E-state index in [1.807, 2.05) is 46.2 Å². The average molecular weight is 995 g/mol. The standard InChI is InChI=1S/C54H74N8O6S2/c1-53(2,3)67-51(65)57-43(49(63)61-29-27-59-33-41(39-23-15-9-16-24-39)55-47(59)45(61)31-37-19-11-7-12-20-37)35-69-70-36-44(58-52(66)68-54(4,5)6)50(64)62-30-28-60-34-42(40-25-17-10-18-26-40)56-48(60)46(62)32-38-21-13-8-14-22-38/h9-10,15-18,23-26,33-34,37-38,43-46H,7-8,11-14,19-22,27-32,35-36H2,1-6H3,(H,57,65)(H,58,66)/t43-,44-,45-,46-/m0/s1. The van der Waals surface area contributed by atoms with Gasteiger partial charge in [0.05, 0.1) is 23.5 Å². The van der Waals surface area contributed by atoms with Crippen molar-refractivity contribution in [1.29, 1.82) is 0 Å². The molecule has 16 heteroatoms. The molecule has 0 radical (unpaired) electrons. The van der Waals surface area contributed by atoms with Gasteiger partial charge in [-0.2, -0.15) is 0 Å². The number of benzene rings is 2. The number of aromatic nitrogens is 4. The lowest BCUT2D eigenvalue weighted by Gasteiger charge is -2.40. The van der Waals surface area contributed by atoms with Crippen LogP contribution in [0.25, 0.3) is 22.5 Å². The van der Waals surface area contributed by atoms with Gasteiger partial charge < -0.3 is 39.0 Å². The van der Waals surface area contributed by atoms with Crippen LogP contribution in [0.5, 0.6) is 0 Å². The molecule has 4 atom stereocenters. The van der Waals surface area contributed by atoms with Crippen molar-refractivity contribution in [3.8, 4) is 22.5 Å². The Kier molecular flexibility index (Phi) is 16.9. The van der Waals surface area contributed by atoms with E-state index in [0.29, 0.717) is 38.0 Å². The molecule has 14 nitrogen and oxygen atoms in total. The van der Waals surface area contributed by atoms with Crippen LogP contribution in [0.4, 0.5) is 9.59 Å². The fourth-order valence-electron chi connectivity index (χ4n) is 10.6. The number of nitrogens with zero attached hydrogens (tertiary/aromatic N) is 6. The first kappa shape index (κ1) is 51.4. The maximum Gasteiger partial charge on any atom is 0.408 e. The van der Waals surface area contributed by atoms with E-state index in [1.54, 1.807) is 41.5 Å². The number of fused-ring (bicyclic) bond motifs is 2. The molecule has 2 aliphatic heterocycles. The second kappa shape index (κ2) is 23.1. The third kappa shape index (κ3) is 13.5. The second-order valence-electron chi connectivity index (χ2n) is 21.6. The van der Waals surface area contributed by atoms with Crippen LogP contribution in [-0.4, -0.2) is 101 Å². The molecular weight excluding hydrogens is 921 g/mol. The number of imidazole rings is 2. The first-order valence-corrected chi connectivity index (χ1v) is 28.2. The lowest BCUT2D eigenvalue weighted by molar-refractivity contribution is -0.138. The van der Waals surface area contributed by atoms with E-state index in [9.17, 15) is 9.59 Å². The predicted molar refractivity (Wildman–Crippen MR) is 278 cm³/mol. The van der Waals surface area contributed by atoms with Crippen molar-refractivity contribution in [2.24, 2.45) is 11.8 Å². The number of hydrogen-bond acceptors (Lipinski definition) is 10. The van der Waals surface area contributed by atoms with E-state index in [4.69, 9.17) is 19.4 Å².